The Morgan fingerprint density at radius 2 is 2.45 bits per heavy atom. The van der Waals surface area contributed by atoms with Crippen LogP contribution < -0.4 is 4.57 Å². The third-order valence-electron chi connectivity index (χ3n) is 1.61. The number of hydrogen-bond donors (Lipinski definition) is 1. The number of hydrogen-bond acceptors (Lipinski definition) is 1. The van der Waals surface area contributed by atoms with Gasteiger partial charge in [0.2, 0.25) is 0 Å². The minimum Gasteiger partial charge on any atom is -0.248 e. The molecule has 0 atom stereocenters. The van der Waals surface area contributed by atoms with Gasteiger partial charge in [-0.25, -0.2) is 9.55 Å². The molecular formula is C8H15N2S+. The zero-order valence-corrected chi connectivity index (χ0v) is 7.95. The first-order valence-corrected chi connectivity index (χ1v) is 5.32. The van der Waals surface area contributed by atoms with Crippen LogP contribution in [0.3, 0.4) is 0 Å². The Bertz CT molecular complexity index is 187. The number of rotatable bonds is 4. The first-order valence-electron chi connectivity index (χ1n) is 3.93. The van der Waals surface area contributed by atoms with E-state index in [-0.39, 0.29) is 0 Å². The summed E-state index contributed by atoms with van der Waals surface area (Å²) in [7, 11) is 0. The summed E-state index contributed by atoms with van der Waals surface area (Å²) in [5.74, 6) is 2.39. The molecular weight excluding hydrogens is 156 g/mol. The average molecular weight is 171 g/mol. The molecule has 0 aromatic carbocycles. The molecule has 11 heavy (non-hydrogen) atoms. The summed E-state index contributed by atoms with van der Waals surface area (Å²) >= 11 is 1.84. The highest BCUT2D eigenvalue weighted by Gasteiger charge is 2.06. The maximum absolute atomic E-state index is 3.24. The third kappa shape index (κ3) is 2.26. The van der Waals surface area contributed by atoms with E-state index >= 15 is 0 Å². The van der Waals surface area contributed by atoms with Crippen molar-refractivity contribution in [2.24, 2.45) is 0 Å². The van der Waals surface area contributed by atoms with E-state index < -0.39 is 0 Å². The van der Waals surface area contributed by atoms with Gasteiger partial charge in [-0.15, -0.1) is 11.8 Å². The van der Waals surface area contributed by atoms with E-state index in [9.17, 15) is 0 Å². The molecule has 0 aliphatic heterocycles. The Balaban J connectivity index is 2.62. The number of aromatic amines is 1. The molecule has 1 aromatic rings. The van der Waals surface area contributed by atoms with Crippen molar-refractivity contribution >= 4 is 11.8 Å². The van der Waals surface area contributed by atoms with Gasteiger partial charge >= 0.3 is 0 Å². The molecule has 0 aliphatic carbocycles. The fourth-order valence-electron chi connectivity index (χ4n) is 1.11. The van der Waals surface area contributed by atoms with Gasteiger partial charge in [0, 0.05) is 6.42 Å². The zero-order chi connectivity index (χ0) is 8.10. The number of nitrogens with zero attached hydrogens (tertiary/aromatic N) is 1. The van der Waals surface area contributed by atoms with Crippen molar-refractivity contribution in [3.05, 3.63) is 18.2 Å². The smallest absolute Gasteiger partial charge is 0.248 e. The lowest BCUT2D eigenvalue weighted by atomic mass is 10.3. The predicted octanol–water partition coefficient (Wildman–Crippen LogP) is 1.58. The van der Waals surface area contributed by atoms with Crippen molar-refractivity contribution < 1.29 is 4.57 Å². The molecule has 0 fully saturated rings. The van der Waals surface area contributed by atoms with Gasteiger partial charge in [-0.1, -0.05) is 6.92 Å². The molecule has 0 amide bonds. The summed E-state index contributed by atoms with van der Waals surface area (Å²) in [6.07, 6.45) is 8.57. The summed E-state index contributed by atoms with van der Waals surface area (Å²) in [4.78, 5) is 3.24. The first kappa shape index (κ1) is 8.65. The number of aromatic nitrogens is 2. The molecule has 0 bridgehead atoms. The molecule has 1 heterocycles. The standard InChI is InChI=1S/C8H14N2S/c1-3-4-8-9-5-6-10(8)7-11-2/h5-6H,3-4,7H2,1-2H3/p+1. The lowest BCUT2D eigenvalue weighted by Crippen LogP contribution is -2.34. The molecule has 1 rings (SSSR count). The van der Waals surface area contributed by atoms with Crippen molar-refractivity contribution in [2.45, 2.75) is 25.6 Å². The van der Waals surface area contributed by atoms with Crippen LogP contribution in [0.5, 0.6) is 0 Å². The highest BCUT2D eigenvalue weighted by atomic mass is 32.2. The summed E-state index contributed by atoms with van der Waals surface area (Å²) in [6, 6.07) is 0. The van der Waals surface area contributed by atoms with E-state index in [0.29, 0.717) is 0 Å². The molecule has 0 spiro atoms. The monoisotopic (exact) mass is 171 g/mol. The maximum atomic E-state index is 3.24. The first-order chi connectivity index (χ1) is 5.38. The summed E-state index contributed by atoms with van der Waals surface area (Å²) in [5, 5.41) is 0. The second-order valence-corrected chi connectivity index (χ2v) is 3.38. The van der Waals surface area contributed by atoms with Crippen LogP contribution >= 0.6 is 11.8 Å². The van der Waals surface area contributed by atoms with Crippen molar-refractivity contribution in [1.82, 2.24) is 4.98 Å². The van der Waals surface area contributed by atoms with Crippen LogP contribution in [-0.2, 0) is 12.3 Å². The van der Waals surface area contributed by atoms with Crippen LogP contribution in [0, 0.1) is 0 Å². The highest BCUT2D eigenvalue weighted by molar-refractivity contribution is 7.97. The van der Waals surface area contributed by atoms with Gasteiger partial charge in [0.25, 0.3) is 5.82 Å². The van der Waals surface area contributed by atoms with E-state index in [1.54, 1.807) is 0 Å². The number of H-pyrrole nitrogens is 1. The number of aryl methyl sites for hydroxylation is 1. The number of nitrogens with one attached hydrogen (secondary N) is 1. The van der Waals surface area contributed by atoms with E-state index in [4.69, 9.17) is 0 Å². The molecule has 0 radical (unpaired) electrons. The Morgan fingerprint density at radius 3 is 3.09 bits per heavy atom. The summed E-state index contributed by atoms with van der Waals surface area (Å²) in [5.41, 5.74) is 0. The second kappa shape index (κ2) is 4.44. The molecule has 0 aliphatic rings. The predicted molar refractivity (Wildman–Crippen MR) is 48.5 cm³/mol. The molecule has 0 saturated carbocycles. The topological polar surface area (TPSA) is 19.7 Å². The van der Waals surface area contributed by atoms with Crippen molar-refractivity contribution in [1.29, 1.82) is 0 Å². The van der Waals surface area contributed by atoms with Crippen molar-refractivity contribution in [3.63, 3.8) is 0 Å². The molecule has 0 saturated heterocycles. The number of thioether (sulfide) groups is 1. The highest BCUT2D eigenvalue weighted by Crippen LogP contribution is 1.96. The van der Waals surface area contributed by atoms with Crippen LogP contribution in [-0.4, -0.2) is 11.2 Å². The Labute approximate surface area is 72.0 Å². The average Bonchev–Trinajstić information content (AvgIpc) is 2.39. The molecule has 1 aromatic heterocycles. The largest absolute Gasteiger partial charge is 0.254 e. The summed E-state index contributed by atoms with van der Waals surface area (Å²) in [6.45, 7) is 2.20. The van der Waals surface area contributed by atoms with Crippen LogP contribution in [0.1, 0.15) is 19.2 Å². The van der Waals surface area contributed by atoms with Gasteiger partial charge < -0.3 is 0 Å². The lowest BCUT2D eigenvalue weighted by molar-refractivity contribution is -0.682. The second-order valence-electron chi connectivity index (χ2n) is 2.54. The van der Waals surface area contributed by atoms with E-state index in [1.807, 2.05) is 18.0 Å². The molecule has 3 heteroatoms. The van der Waals surface area contributed by atoms with Crippen LogP contribution in [0.15, 0.2) is 12.4 Å². The van der Waals surface area contributed by atoms with Crippen LogP contribution in [0.4, 0.5) is 0 Å². The van der Waals surface area contributed by atoms with Gasteiger partial charge in [-0.05, 0) is 12.7 Å². The fraction of sp³-hybridized carbons (Fsp3) is 0.625. The van der Waals surface area contributed by atoms with E-state index in [1.165, 1.54) is 12.2 Å². The Hall–Kier alpha value is -0.440. The fourth-order valence-corrected chi connectivity index (χ4v) is 1.63. The van der Waals surface area contributed by atoms with Gasteiger partial charge in [-0.2, -0.15) is 0 Å². The maximum Gasteiger partial charge on any atom is 0.254 e. The normalized spacial score (nSPS) is 10.4. The quantitative estimate of drug-likeness (QED) is 0.682. The van der Waals surface area contributed by atoms with Crippen LogP contribution in [0.2, 0.25) is 0 Å². The minimum atomic E-state index is 1.05. The Kier molecular flexibility index (Phi) is 3.49. The zero-order valence-electron chi connectivity index (χ0n) is 7.13. The van der Waals surface area contributed by atoms with Gasteiger partial charge in [0.15, 0.2) is 0 Å². The van der Waals surface area contributed by atoms with Crippen molar-refractivity contribution in [3.8, 4) is 0 Å². The Morgan fingerprint density at radius 1 is 1.64 bits per heavy atom. The molecule has 62 valence electrons. The van der Waals surface area contributed by atoms with Gasteiger partial charge in [-0.3, -0.25) is 0 Å². The third-order valence-corrected chi connectivity index (χ3v) is 2.14. The summed E-state index contributed by atoms with van der Waals surface area (Å²) < 4.78 is 2.26. The van der Waals surface area contributed by atoms with Gasteiger partial charge in [0.05, 0.1) is 0 Å². The van der Waals surface area contributed by atoms with Crippen LogP contribution in [0.25, 0.3) is 0 Å². The van der Waals surface area contributed by atoms with E-state index in [2.05, 4.69) is 28.9 Å². The molecule has 0 unspecified atom stereocenters. The lowest BCUT2D eigenvalue weighted by Gasteiger charge is -1.95. The van der Waals surface area contributed by atoms with Gasteiger partial charge in [0.1, 0.15) is 18.3 Å². The molecule has 2 nitrogen and oxygen atoms in total. The number of imidazole rings is 1. The van der Waals surface area contributed by atoms with Crippen molar-refractivity contribution in [2.75, 3.05) is 6.26 Å². The molecule has 1 N–H and O–H groups in total. The minimum absolute atomic E-state index is 1.05. The SMILES string of the molecule is CCCc1[nH]cc[n+]1CSC. The van der Waals surface area contributed by atoms with E-state index in [0.717, 1.165) is 12.3 Å².